The summed E-state index contributed by atoms with van der Waals surface area (Å²) in [6.07, 6.45) is 0.101. The fourth-order valence-corrected chi connectivity index (χ4v) is 2.71. The van der Waals surface area contributed by atoms with Crippen molar-refractivity contribution < 1.29 is 9.53 Å². The molecule has 0 aliphatic rings. The number of hydrogen-bond donors (Lipinski definition) is 1. The minimum atomic E-state index is -0.286. The van der Waals surface area contributed by atoms with Crippen LogP contribution in [0.3, 0.4) is 0 Å². The van der Waals surface area contributed by atoms with Crippen LogP contribution in [0.1, 0.15) is 30.2 Å². The maximum Gasteiger partial charge on any atom is 0.274 e. The number of hydrogen-bond acceptors (Lipinski definition) is 5. The number of rotatable bonds is 6. The largest absolute Gasteiger partial charge is 0.491 e. The lowest BCUT2D eigenvalue weighted by Crippen LogP contribution is -2.18. The zero-order valence-electron chi connectivity index (χ0n) is 16.5. The SMILES string of the molecule is Cc1nc(C(=O)Nc2ccc(OC(C)C)cc2)cc(N(C)c2ccccc2)n1. The summed E-state index contributed by atoms with van der Waals surface area (Å²) in [5, 5.41) is 2.87. The predicted molar refractivity (Wildman–Crippen MR) is 111 cm³/mol. The Morgan fingerprint density at radius 3 is 2.36 bits per heavy atom. The van der Waals surface area contributed by atoms with Crippen LogP contribution >= 0.6 is 0 Å². The van der Waals surface area contributed by atoms with Crippen molar-refractivity contribution >= 4 is 23.1 Å². The second kappa shape index (κ2) is 8.52. The molecule has 1 heterocycles. The second-order valence-corrected chi connectivity index (χ2v) is 6.70. The third-order valence-corrected chi connectivity index (χ3v) is 4.03. The standard InChI is InChI=1S/C22H24N4O2/c1-15(2)28-19-12-10-17(11-13-19)25-22(27)20-14-21(24-16(3)23-20)26(4)18-8-6-5-7-9-18/h5-15H,1-4H3,(H,25,27). The molecule has 6 nitrogen and oxygen atoms in total. The number of ether oxygens (including phenoxy) is 1. The van der Waals surface area contributed by atoms with Crippen molar-refractivity contribution in [3.8, 4) is 5.75 Å². The van der Waals surface area contributed by atoms with E-state index in [4.69, 9.17) is 4.74 Å². The van der Waals surface area contributed by atoms with E-state index in [0.29, 0.717) is 23.0 Å². The normalized spacial score (nSPS) is 10.6. The Kier molecular flexibility index (Phi) is 5.89. The van der Waals surface area contributed by atoms with Crippen molar-refractivity contribution in [3.63, 3.8) is 0 Å². The van der Waals surface area contributed by atoms with Crippen LogP contribution in [0.4, 0.5) is 17.2 Å². The first-order chi connectivity index (χ1) is 13.4. The van der Waals surface area contributed by atoms with Crippen molar-refractivity contribution in [2.24, 2.45) is 0 Å². The summed E-state index contributed by atoms with van der Waals surface area (Å²) >= 11 is 0. The van der Waals surface area contributed by atoms with Gasteiger partial charge >= 0.3 is 0 Å². The maximum absolute atomic E-state index is 12.7. The smallest absolute Gasteiger partial charge is 0.274 e. The summed E-state index contributed by atoms with van der Waals surface area (Å²) in [4.78, 5) is 23.4. The topological polar surface area (TPSA) is 67.3 Å². The van der Waals surface area contributed by atoms with E-state index in [1.165, 1.54) is 0 Å². The van der Waals surface area contributed by atoms with E-state index in [0.717, 1.165) is 11.4 Å². The number of aromatic nitrogens is 2. The molecule has 0 aliphatic heterocycles. The Bertz CT molecular complexity index is 941. The lowest BCUT2D eigenvalue weighted by atomic mass is 10.2. The number of nitrogens with one attached hydrogen (secondary N) is 1. The van der Waals surface area contributed by atoms with Crippen LogP contribution in [0.15, 0.2) is 60.7 Å². The van der Waals surface area contributed by atoms with Crippen LogP contribution < -0.4 is 15.0 Å². The van der Waals surface area contributed by atoms with Crippen molar-refractivity contribution in [3.05, 3.63) is 72.2 Å². The number of nitrogens with zero attached hydrogens (tertiary/aromatic N) is 3. The highest BCUT2D eigenvalue weighted by atomic mass is 16.5. The Hall–Kier alpha value is -3.41. The summed E-state index contributed by atoms with van der Waals surface area (Å²) in [5.74, 6) is 1.67. The highest BCUT2D eigenvalue weighted by Crippen LogP contribution is 2.22. The first kappa shape index (κ1) is 19.4. The zero-order chi connectivity index (χ0) is 20.1. The van der Waals surface area contributed by atoms with E-state index in [2.05, 4.69) is 15.3 Å². The Morgan fingerprint density at radius 2 is 1.71 bits per heavy atom. The lowest BCUT2D eigenvalue weighted by Gasteiger charge is -2.19. The van der Waals surface area contributed by atoms with Gasteiger partial charge in [-0.05, 0) is 57.2 Å². The van der Waals surface area contributed by atoms with Crippen LogP contribution in [0.25, 0.3) is 0 Å². The number of carbonyl (C=O) groups excluding carboxylic acids is 1. The Balaban J connectivity index is 1.77. The van der Waals surface area contributed by atoms with Crippen LogP contribution in [-0.2, 0) is 0 Å². The Labute approximate surface area is 165 Å². The molecule has 2 aromatic carbocycles. The molecule has 0 atom stereocenters. The van der Waals surface area contributed by atoms with Crippen molar-refractivity contribution in [1.29, 1.82) is 0 Å². The quantitative estimate of drug-likeness (QED) is 0.681. The summed E-state index contributed by atoms with van der Waals surface area (Å²) < 4.78 is 5.62. The van der Waals surface area contributed by atoms with Crippen LogP contribution in [0.5, 0.6) is 5.75 Å². The van der Waals surface area contributed by atoms with Crippen LogP contribution in [-0.4, -0.2) is 29.0 Å². The van der Waals surface area contributed by atoms with Gasteiger partial charge in [0.25, 0.3) is 5.91 Å². The molecule has 0 saturated heterocycles. The van der Waals surface area contributed by atoms with Crippen molar-refractivity contribution in [2.45, 2.75) is 26.9 Å². The van der Waals surface area contributed by atoms with E-state index < -0.39 is 0 Å². The molecule has 0 unspecified atom stereocenters. The fourth-order valence-electron chi connectivity index (χ4n) is 2.71. The fraction of sp³-hybridized carbons (Fsp3) is 0.227. The number of carbonyl (C=O) groups is 1. The van der Waals surface area contributed by atoms with Gasteiger partial charge in [-0.3, -0.25) is 4.79 Å². The molecule has 6 heteroatoms. The molecule has 3 aromatic rings. The number of amides is 1. The molecule has 1 N–H and O–H groups in total. The monoisotopic (exact) mass is 376 g/mol. The molecule has 3 rings (SSSR count). The maximum atomic E-state index is 12.7. The summed E-state index contributed by atoms with van der Waals surface area (Å²) in [5.41, 5.74) is 1.97. The average molecular weight is 376 g/mol. The van der Waals surface area contributed by atoms with Crippen LogP contribution in [0.2, 0.25) is 0 Å². The van der Waals surface area contributed by atoms with Gasteiger partial charge in [-0.1, -0.05) is 18.2 Å². The third-order valence-electron chi connectivity index (χ3n) is 4.03. The van der Waals surface area contributed by atoms with Crippen molar-refractivity contribution in [1.82, 2.24) is 9.97 Å². The van der Waals surface area contributed by atoms with Gasteiger partial charge in [0.15, 0.2) is 0 Å². The van der Waals surface area contributed by atoms with E-state index in [9.17, 15) is 4.79 Å². The van der Waals surface area contributed by atoms with Gasteiger partial charge in [-0.25, -0.2) is 9.97 Å². The van der Waals surface area contributed by atoms with Gasteiger partial charge in [0.2, 0.25) is 0 Å². The predicted octanol–water partition coefficient (Wildman–Crippen LogP) is 4.59. The first-order valence-corrected chi connectivity index (χ1v) is 9.15. The first-order valence-electron chi connectivity index (χ1n) is 9.15. The number of para-hydroxylation sites is 1. The van der Waals surface area contributed by atoms with E-state index >= 15 is 0 Å². The highest BCUT2D eigenvalue weighted by Gasteiger charge is 2.14. The van der Waals surface area contributed by atoms with Gasteiger partial charge in [-0.15, -0.1) is 0 Å². The molecule has 144 valence electrons. The molecule has 0 radical (unpaired) electrons. The van der Waals surface area contributed by atoms with Crippen LogP contribution in [0, 0.1) is 6.92 Å². The van der Waals surface area contributed by atoms with Gasteiger partial charge in [0, 0.05) is 24.5 Å². The molecule has 0 aliphatic carbocycles. The number of aryl methyl sites for hydroxylation is 1. The molecule has 28 heavy (non-hydrogen) atoms. The summed E-state index contributed by atoms with van der Waals surface area (Å²) in [7, 11) is 1.91. The third kappa shape index (κ3) is 4.85. The molecule has 0 fully saturated rings. The van der Waals surface area contributed by atoms with E-state index in [-0.39, 0.29) is 12.0 Å². The minimum absolute atomic E-state index is 0.101. The summed E-state index contributed by atoms with van der Waals surface area (Å²) in [6, 6.07) is 18.8. The van der Waals surface area contributed by atoms with Crippen molar-refractivity contribution in [2.75, 3.05) is 17.3 Å². The molecular formula is C22H24N4O2. The average Bonchev–Trinajstić information content (AvgIpc) is 2.68. The molecule has 0 bridgehead atoms. The Morgan fingerprint density at radius 1 is 1.04 bits per heavy atom. The van der Waals surface area contributed by atoms with Gasteiger partial charge in [0.05, 0.1) is 6.10 Å². The summed E-state index contributed by atoms with van der Waals surface area (Å²) in [6.45, 7) is 5.71. The van der Waals surface area contributed by atoms with E-state index in [1.54, 1.807) is 25.1 Å². The molecule has 1 aromatic heterocycles. The lowest BCUT2D eigenvalue weighted by molar-refractivity contribution is 0.102. The van der Waals surface area contributed by atoms with Gasteiger partial charge < -0.3 is 15.0 Å². The molecule has 0 spiro atoms. The molecular weight excluding hydrogens is 352 g/mol. The van der Waals surface area contributed by atoms with Gasteiger partial charge in [-0.2, -0.15) is 0 Å². The van der Waals surface area contributed by atoms with E-state index in [1.807, 2.05) is 68.3 Å². The number of anilines is 3. The zero-order valence-corrected chi connectivity index (χ0v) is 16.5. The number of benzene rings is 2. The minimum Gasteiger partial charge on any atom is -0.491 e. The molecule has 0 saturated carbocycles. The highest BCUT2D eigenvalue weighted by molar-refractivity contribution is 6.03. The van der Waals surface area contributed by atoms with Gasteiger partial charge in [0.1, 0.15) is 23.1 Å². The second-order valence-electron chi connectivity index (χ2n) is 6.70. The molecule has 1 amide bonds.